The zero-order chi connectivity index (χ0) is 19.2. The maximum Gasteiger partial charge on any atom is 0.256 e. The van der Waals surface area contributed by atoms with Crippen LogP contribution in [0.3, 0.4) is 0 Å². The van der Waals surface area contributed by atoms with Crippen LogP contribution in [0.5, 0.6) is 5.75 Å². The number of carbonyl (C=O) groups is 2. The molecule has 0 saturated carbocycles. The van der Waals surface area contributed by atoms with Gasteiger partial charge in [0.1, 0.15) is 5.75 Å². The summed E-state index contributed by atoms with van der Waals surface area (Å²) in [7, 11) is 1.54. The Kier molecular flexibility index (Phi) is 6.47. The third-order valence-corrected chi connectivity index (χ3v) is 5.04. The Morgan fingerprint density at radius 1 is 1.19 bits per heavy atom. The topological polar surface area (TPSA) is 76.7 Å². The zero-order valence-electron chi connectivity index (χ0n) is 15.0. The number of hydrogen-bond acceptors (Lipinski definition) is 4. The highest BCUT2D eigenvalue weighted by Crippen LogP contribution is 2.24. The van der Waals surface area contributed by atoms with Crippen molar-refractivity contribution in [3.05, 3.63) is 58.1 Å². The molecule has 1 unspecified atom stereocenters. The molecule has 0 bridgehead atoms. The molecule has 2 aromatic rings. The molecule has 2 N–H and O–H groups in total. The predicted molar refractivity (Wildman–Crippen MR) is 106 cm³/mol. The van der Waals surface area contributed by atoms with E-state index >= 15 is 0 Å². The minimum Gasteiger partial charge on any atom is -0.497 e. The highest BCUT2D eigenvalue weighted by Gasteiger charge is 2.19. The Bertz CT molecular complexity index is 834. The first-order chi connectivity index (χ1) is 13.1. The molecule has 7 heteroatoms. The van der Waals surface area contributed by atoms with E-state index in [1.165, 1.54) is 0 Å². The number of methoxy groups -OCH3 is 1. The summed E-state index contributed by atoms with van der Waals surface area (Å²) in [5.74, 6) is -0.00259. The molecule has 142 valence electrons. The smallest absolute Gasteiger partial charge is 0.256 e. The average Bonchev–Trinajstić information content (AvgIpc) is 3.20. The van der Waals surface area contributed by atoms with Gasteiger partial charge in [-0.25, -0.2) is 0 Å². The molecule has 2 amide bonds. The molecule has 1 heterocycles. The summed E-state index contributed by atoms with van der Waals surface area (Å²) in [5.41, 5.74) is 1.27. The standard InChI is InChI=1S/C20H21BrN2O4/c1-26-13-8-9-17(21)16(11-13)20(25)23-18-7-3-2-6-15(18)19(24)22-12-14-5-4-10-27-14/h2-3,6-9,11,14H,4-5,10,12H2,1H3,(H,22,24)(H,23,25). The second kappa shape index (κ2) is 9.01. The van der Waals surface area contributed by atoms with E-state index in [2.05, 4.69) is 26.6 Å². The van der Waals surface area contributed by atoms with Crippen LogP contribution in [-0.4, -0.2) is 38.2 Å². The number of carbonyl (C=O) groups excluding carboxylic acids is 2. The van der Waals surface area contributed by atoms with Gasteiger partial charge in [0.15, 0.2) is 0 Å². The van der Waals surface area contributed by atoms with Crippen molar-refractivity contribution in [2.45, 2.75) is 18.9 Å². The summed E-state index contributed by atoms with van der Waals surface area (Å²) in [4.78, 5) is 25.3. The number of amides is 2. The Labute approximate surface area is 166 Å². The van der Waals surface area contributed by atoms with Gasteiger partial charge in [-0.15, -0.1) is 0 Å². The maximum absolute atomic E-state index is 12.7. The van der Waals surface area contributed by atoms with Gasteiger partial charge in [-0.1, -0.05) is 12.1 Å². The normalized spacial score (nSPS) is 16.0. The van der Waals surface area contributed by atoms with Crippen molar-refractivity contribution in [3.63, 3.8) is 0 Å². The van der Waals surface area contributed by atoms with Crippen LogP contribution in [0.2, 0.25) is 0 Å². The third kappa shape index (κ3) is 4.87. The molecular formula is C20H21BrN2O4. The summed E-state index contributed by atoms with van der Waals surface area (Å²) < 4.78 is 11.3. The lowest BCUT2D eigenvalue weighted by Crippen LogP contribution is -2.32. The first-order valence-corrected chi connectivity index (χ1v) is 9.51. The van der Waals surface area contributed by atoms with Crippen molar-refractivity contribution in [3.8, 4) is 5.75 Å². The molecule has 1 aliphatic rings. The fourth-order valence-electron chi connectivity index (χ4n) is 2.89. The molecular weight excluding hydrogens is 412 g/mol. The van der Waals surface area contributed by atoms with Crippen molar-refractivity contribution in [1.82, 2.24) is 5.32 Å². The SMILES string of the molecule is COc1ccc(Br)c(C(=O)Nc2ccccc2C(=O)NCC2CCCO2)c1. The van der Waals surface area contributed by atoms with E-state index in [1.807, 2.05) is 0 Å². The lowest BCUT2D eigenvalue weighted by Gasteiger charge is -2.14. The summed E-state index contributed by atoms with van der Waals surface area (Å²) >= 11 is 3.37. The van der Waals surface area contributed by atoms with Gasteiger partial charge in [-0.3, -0.25) is 9.59 Å². The van der Waals surface area contributed by atoms with Crippen LogP contribution in [0.25, 0.3) is 0 Å². The Balaban J connectivity index is 1.73. The number of nitrogens with one attached hydrogen (secondary N) is 2. The highest BCUT2D eigenvalue weighted by atomic mass is 79.9. The van der Waals surface area contributed by atoms with E-state index in [4.69, 9.17) is 9.47 Å². The van der Waals surface area contributed by atoms with Gasteiger partial charge in [0.2, 0.25) is 0 Å². The first-order valence-electron chi connectivity index (χ1n) is 8.72. The van der Waals surface area contributed by atoms with Crippen LogP contribution in [-0.2, 0) is 4.74 Å². The van der Waals surface area contributed by atoms with Crippen molar-refractivity contribution in [2.75, 3.05) is 25.6 Å². The van der Waals surface area contributed by atoms with Crippen molar-refractivity contribution < 1.29 is 19.1 Å². The summed E-state index contributed by atoms with van der Waals surface area (Å²) in [6.07, 6.45) is 2.02. The number of ether oxygens (including phenoxy) is 2. The molecule has 6 nitrogen and oxygen atoms in total. The van der Waals surface area contributed by atoms with Crippen molar-refractivity contribution in [1.29, 1.82) is 0 Å². The quantitative estimate of drug-likeness (QED) is 0.730. The fourth-order valence-corrected chi connectivity index (χ4v) is 3.32. The fraction of sp³-hybridized carbons (Fsp3) is 0.300. The average molecular weight is 433 g/mol. The van der Waals surface area contributed by atoms with Crippen LogP contribution in [0.1, 0.15) is 33.6 Å². The van der Waals surface area contributed by atoms with Gasteiger partial charge in [-0.05, 0) is 59.1 Å². The summed E-state index contributed by atoms with van der Waals surface area (Å²) in [6.45, 7) is 1.20. The van der Waals surface area contributed by atoms with Gasteiger partial charge in [0.25, 0.3) is 11.8 Å². The minimum absolute atomic E-state index is 0.0587. The Hall–Kier alpha value is -2.38. The third-order valence-electron chi connectivity index (χ3n) is 4.35. The van der Waals surface area contributed by atoms with Crippen molar-refractivity contribution >= 4 is 33.4 Å². The molecule has 1 atom stereocenters. The van der Waals surface area contributed by atoms with E-state index in [0.29, 0.717) is 33.6 Å². The van der Waals surface area contributed by atoms with Crippen LogP contribution in [0, 0.1) is 0 Å². The lowest BCUT2D eigenvalue weighted by atomic mass is 10.1. The molecule has 27 heavy (non-hydrogen) atoms. The molecule has 0 aliphatic carbocycles. The minimum atomic E-state index is -0.333. The van der Waals surface area contributed by atoms with Crippen LogP contribution < -0.4 is 15.4 Å². The second-order valence-corrected chi connectivity index (χ2v) is 7.04. The zero-order valence-corrected chi connectivity index (χ0v) is 16.5. The summed E-state index contributed by atoms with van der Waals surface area (Å²) in [6, 6.07) is 12.1. The van der Waals surface area contributed by atoms with E-state index < -0.39 is 0 Å². The monoisotopic (exact) mass is 432 g/mol. The van der Waals surface area contributed by atoms with Gasteiger partial charge in [0, 0.05) is 17.6 Å². The van der Waals surface area contributed by atoms with Gasteiger partial charge in [-0.2, -0.15) is 0 Å². The van der Waals surface area contributed by atoms with Crippen LogP contribution in [0.15, 0.2) is 46.9 Å². The van der Waals surface area contributed by atoms with E-state index in [9.17, 15) is 9.59 Å². The molecule has 0 radical (unpaired) electrons. The van der Waals surface area contributed by atoms with Crippen molar-refractivity contribution in [2.24, 2.45) is 0 Å². The summed E-state index contributed by atoms with van der Waals surface area (Å²) in [5, 5.41) is 5.69. The Morgan fingerprint density at radius 2 is 2.00 bits per heavy atom. The van der Waals surface area contributed by atoms with Crippen LogP contribution in [0.4, 0.5) is 5.69 Å². The van der Waals surface area contributed by atoms with E-state index in [-0.39, 0.29) is 17.9 Å². The molecule has 1 saturated heterocycles. The first kappa shape index (κ1) is 19.4. The molecule has 3 rings (SSSR count). The number of anilines is 1. The Morgan fingerprint density at radius 3 is 2.74 bits per heavy atom. The number of rotatable bonds is 6. The number of benzene rings is 2. The van der Waals surface area contributed by atoms with Gasteiger partial charge >= 0.3 is 0 Å². The number of hydrogen-bond donors (Lipinski definition) is 2. The van der Waals surface area contributed by atoms with Gasteiger partial charge < -0.3 is 20.1 Å². The molecule has 0 aromatic heterocycles. The molecule has 0 spiro atoms. The second-order valence-electron chi connectivity index (χ2n) is 6.19. The molecule has 1 aliphatic heterocycles. The molecule has 2 aromatic carbocycles. The number of para-hydroxylation sites is 1. The lowest BCUT2D eigenvalue weighted by molar-refractivity contribution is 0.0858. The van der Waals surface area contributed by atoms with E-state index in [0.717, 1.165) is 19.4 Å². The maximum atomic E-state index is 12.7. The predicted octanol–water partition coefficient (Wildman–Crippen LogP) is 3.62. The van der Waals surface area contributed by atoms with Crippen LogP contribution >= 0.6 is 15.9 Å². The highest BCUT2D eigenvalue weighted by molar-refractivity contribution is 9.10. The van der Waals surface area contributed by atoms with Gasteiger partial charge in [0.05, 0.1) is 30.0 Å². The van der Waals surface area contributed by atoms with E-state index in [1.54, 1.807) is 49.6 Å². The number of halogens is 1. The molecule has 1 fully saturated rings. The largest absolute Gasteiger partial charge is 0.497 e.